The molecule has 0 radical (unpaired) electrons. The van der Waals surface area contributed by atoms with Crippen LogP contribution in [0.1, 0.15) is 50.0 Å². The van der Waals surface area contributed by atoms with E-state index in [2.05, 4.69) is 10.2 Å². The lowest BCUT2D eigenvalue weighted by Crippen LogP contribution is -2.25. The second-order valence-corrected chi connectivity index (χ2v) is 12.5. The summed E-state index contributed by atoms with van der Waals surface area (Å²) in [5.74, 6) is 1.26. The van der Waals surface area contributed by atoms with Crippen LogP contribution >= 0.6 is 23.2 Å². The number of aromatic nitrogens is 2. The molecule has 5 rings (SSSR count). The molecule has 0 saturated carbocycles. The van der Waals surface area contributed by atoms with Gasteiger partial charge in [-0.15, -0.1) is 0 Å². The first kappa shape index (κ1) is 28.7. The lowest BCUT2D eigenvalue weighted by atomic mass is 9.87. The van der Waals surface area contributed by atoms with Gasteiger partial charge in [-0.05, 0) is 37.1 Å². The van der Waals surface area contributed by atoms with Gasteiger partial charge in [-0.1, -0.05) is 50.0 Å². The summed E-state index contributed by atoms with van der Waals surface area (Å²) in [5.41, 5.74) is 3.81. The minimum absolute atomic E-state index is 0.172. The zero-order valence-electron chi connectivity index (χ0n) is 23.6. The number of anilines is 3. The minimum Gasteiger partial charge on any atom is -0.462 e. The minimum atomic E-state index is -0.407. The van der Waals surface area contributed by atoms with E-state index < -0.39 is 5.41 Å². The van der Waals surface area contributed by atoms with Gasteiger partial charge in [0.05, 0.1) is 57.8 Å². The summed E-state index contributed by atoms with van der Waals surface area (Å²) in [4.78, 5) is 32.6. The Balaban J connectivity index is 1.48. The molecule has 1 aromatic heterocycles. The fourth-order valence-electron chi connectivity index (χ4n) is 5.50. The Bertz CT molecular complexity index is 1450. The van der Waals surface area contributed by atoms with Crippen LogP contribution in [-0.2, 0) is 27.7 Å². The van der Waals surface area contributed by atoms with Gasteiger partial charge < -0.3 is 24.3 Å². The van der Waals surface area contributed by atoms with Crippen molar-refractivity contribution in [2.24, 2.45) is 24.3 Å². The zero-order valence-corrected chi connectivity index (χ0v) is 25.2. The standard InChI is InChI=1S/C30H36Cl2N4O4/c1-6-40-28(38)20-11-22-24(12-23(20)36-13-18-15-39-16-19(18)14-36)35(5)29(33-22)34-27-21(31)9-7-17(26(27)32)8-10-25(37)30(2,3)4/h7,9,11-12,18-19H,6,8,10,13-16H2,1-5H3,(H,33,34). The average molecular weight is 588 g/mol. The number of fused-ring (bicyclic) bond motifs is 2. The molecular formula is C30H36Cl2N4O4. The summed E-state index contributed by atoms with van der Waals surface area (Å²) >= 11 is 13.4. The number of benzene rings is 2. The van der Waals surface area contributed by atoms with Gasteiger partial charge in [-0.2, -0.15) is 0 Å². The predicted octanol–water partition coefficient (Wildman–Crippen LogP) is 6.43. The van der Waals surface area contributed by atoms with Gasteiger partial charge in [0.1, 0.15) is 5.78 Å². The number of imidazole rings is 1. The molecule has 0 spiro atoms. The highest BCUT2D eigenvalue weighted by atomic mass is 35.5. The second kappa shape index (κ2) is 11.2. The molecule has 214 valence electrons. The molecular weight excluding hydrogens is 551 g/mol. The fourth-order valence-corrected chi connectivity index (χ4v) is 6.05. The van der Waals surface area contributed by atoms with Gasteiger partial charge in [-0.3, -0.25) is 4.79 Å². The number of Topliss-reactive ketones (excluding diaryl/α,β-unsaturated/α-hetero) is 1. The number of ketones is 1. The van der Waals surface area contributed by atoms with Gasteiger partial charge in [-0.25, -0.2) is 9.78 Å². The van der Waals surface area contributed by atoms with Gasteiger partial charge in [0.15, 0.2) is 0 Å². The van der Waals surface area contributed by atoms with Gasteiger partial charge in [0, 0.05) is 43.8 Å². The van der Waals surface area contributed by atoms with Crippen LogP contribution in [0.3, 0.4) is 0 Å². The first-order chi connectivity index (χ1) is 19.0. The maximum Gasteiger partial charge on any atom is 0.340 e. The van der Waals surface area contributed by atoms with E-state index in [1.165, 1.54) is 0 Å². The lowest BCUT2D eigenvalue weighted by molar-refractivity contribution is -0.126. The van der Waals surface area contributed by atoms with E-state index in [4.69, 9.17) is 37.7 Å². The predicted molar refractivity (Wildman–Crippen MR) is 159 cm³/mol. The van der Waals surface area contributed by atoms with E-state index in [9.17, 15) is 9.59 Å². The van der Waals surface area contributed by atoms with Crippen molar-refractivity contribution in [1.29, 1.82) is 0 Å². The highest BCUT2D eigenvalue weighted by molar-refractivity contribution is 6.39. The summed E-state index contributed by atoms with van der Waals surface area (Å²) in [6.45, 7) is 11.0. The fraction of sp³-hybridized carbons (Fsp3) is 0.500. The number of hydrogen-bond acceptors (Lipinski definition) is 7. The highest BCUT2D eigenvalue weighted by Gasteiger charge is 2.38. The molecule has 8 nitrogen and oxygen atoms in total. The monoisotopic (exact) mass is 586 g/mol. The summed E-state index contributed by atoms with van der Waals surface area (Å²) in [5, 5.41) is 4.21. The molecule has 3 aromatic rings. The Kier molecular flexibility index (Phi) is 8.06. The number of esters is 1. The van der Waals surface area contributed by atoms with Crippen molar-refractivity contribution < 1.29 is 19.1 Å². The molecule has 2 aromatic carbocycles. The van der Waals surface area contributed by atoms with Crippen LogP contribution in [0.15, 0.2) is 24.3 Å². The lowest BCUT2D eigenvalue weighted by Gasteiger charge is -2.22. The van der Waals surface area contributed by atoms with Gasteiger partial charge in [0.25, 0.3) is 0 Å². The van der Waals surface area contributed by atoms with Crippen LogP contribution in [0.2, 0.25) is 10.0 Å². The molecule has 40 heavy (non-hydrogen) atoms. The third-order valence-corrected chi connectivity index (χ3v) is 8.69. The molecule has 10 heteroatoms. The Hall–Kier alpha value is -2.81. The van der Waals surface area contributed by atoms with Crippen LogP contribution in [0, 0.1) is 17.3 Å². The van der Waals surface area contributed by atoms with Crippen LogP contribution < -0.4 is 10.2 Å². The Morgan fingerprint density at radius 3 is 2.50 bits per heavy atom. The second-order valence-electron chi connectivity index (χ2n) is 11.7. The SMILES string of the molecule is CCOC(=O)c1cc2nc(Nc3c(Cl)ccc(CCC(=O)C(C)(C)C)c3Cl)n(C)c2cc1N1CC2COCC2C1. The van der Waals surface area contributed by atoms with Crippen molar-refractivity contribution in [2.45, 2.75) is 40.5 Å². The molecule has 3 heterocycles. The maximum absolute atomic E-state index is 13.0. The average Bonchev–Trinajstić information content (AvgIpc) is 3.59. The number of nitrogens with one attached hydrogen (secondary N) is 1. The first-order valence-corrected chi connectivity index (χ1v) is 14.5. The molecule has 0 bridgehead atoms. The van der Waals surface area contributed by atoms with Crippen molar-refractivity contribution in [1.82, 2.24) is 9.55 Å². The molecule has 2 atom stereocenters. The zero-order chi connectivity index (χ0) is 28.8. The molecule has 2 fully saturated rings. The summed E-state index contributed by atoms with van der Waals surface area (Å²) < 4.78 is 13.0. The van der Waals surface area contributed by atoms with Crippen molar-refractivity contribution in [3.05, 3.63) is 45.4 Å². The van der Waals surface area contributed by atoms with Crippen LogP contribution in [-0.4, -0.2) is 54.2 Å². The smallest absolute Gasteiger partial charge is 0.340 e. The van der Waals surface area contributed by atoms with E-state index >= 15 is 0 Å². The topological polar surface area (TPSA) is 85.7 Å². The summed E-state index contributed by atoms with van der Waals surface area (Å²) in [7, 11) is 1.91. The first-order valence-electron chi connectivity index (χ1n) is 13.7. The van der Waals surface area contributed by atoms with E-state index in [-0.39, 0.29) is 11.8 Å². The summed E-state index contributed by atoms with van der Waals surface area (Å²) in [6.07, 6.45) is 0.902. The van der Waals surface area contributed by atoms with Crippen molar-refractivity contribution in [3.63, 3.8) is 0 Å². The number of ether oxygens (including phenoxy) is 2. The Morgan fingerprint density at radius 2 is 1.85 bits per heavy atom. The molecule has 2 unspecified atom stereocenters. The quantitative estimate of drug-likeness (QED) is 0.304. The number of carbonyl (C=O) groups is 2. The van der Waals surface area contributed by atoms with E-state index in [1.54, 1.807) is 19.1 Å². The molecule has 0 aliphatic carbocycles. The number of carbonyl (C=O) groups excluding carboxylic acids is 2. The van der Waals surface area contributed by atoms with E-state index in [1.807, 2.05) is 44.5 Å². The molecule has 1 N–H and O–H groups in total. The number of rotatable bonds is 8. The molecule has 0 amide bonds. The van der Waals surface area contributed by atoms with E-state index in [0.29, 0.717) is 64.0 Å². The number of aryl methyl sites for hydroxylation is 2. The third kappa shape index (κ3) is 5.54. The molecule has 2 aliphatic rings. The van der Waals surface area contributed by atoms with Gasteiger partial charge >= 0.3 is 5.97 Å². The van der Waals surface area contributed by atoms with Crippen LogP contribution in [0.5, 0.6) is 0 Å². The number of hydrogen-bond donors (Lipinski definition) is 1. The number of halogens is 2. The van der Waals surface area contributed by atoms with Crippen molar-refractivity contribution >= 4 is 63.3 Å². The highest BCUT2D eigenvalue weighted by Crippen LogP contribution is 2.39. The normalized spacial score (nSPS) is 18.8. The van der Waals surface area contributed by atoms with Crippen molar-refractivity contribution in [2.75, 3.05) is 43.1 Å². The van der Waals surface area contributed by atoms with Crippen molar-refractivity contribution in [3.8, 4) is 0 Å². The van der Waals surface area contributed by atoms with Gasteiger partial charge in [0.2, 0.25) is 5.95 Å². The van der Waals surface area contributed by atoms with Crippen LogP contribution in [0.25, 0.3) is 11.0 Å². The largest absolute Gasteiger partial charge is 0.462 e. The Morgan fingerprint density at radius 1 is 1.15 bits per heavy atom. The molecule has 2 aliphatic heterocycles. The maximum atomic E-state index is 13.0. The third-order valence-electron chi connectivity index (χ3n) is 7.94. The van der Waals surface area contributed by atoms with Crippen LogP contribution in [0.4, 0.5) is 17.3 Å². The number of nitrogens with zero attached hydrogens (tertiary/aromatic N) is 3. The van der Waals surface area contributed by atoms with E-state index in [0.717, 1.165) is 43.1 Å². The molecule has 2 saturated heterocycles. The Labute approximate surface area is 244 Å². The summed E-state index contributed by atoms with van der Waals surface area (Å²) in [6, 6.07) is 7.45.